The molecule has 1 heterocycles. The minimum Gasteiger partial charge on any atom is -0.320 e. The first-order chi connectivity index (χ1) is 10.2. The average Bonchev–Trinajstić information content (AvgIpc) is 2.89. The Labute approximate surface area is 130 Å². The molecule has 1 N–H and O–H groups in total. The van der Waals surface area contributed by atoms with Gasteiger partial charge in [-0.05, 0) is 35.9 Å². The van der Waals surface area contributed by atoms with Crippen LogP contribution in [0.4, 0.5) is 9.80 Å². The van der Waals surface area contributed by atoms with E-state index in [2.05, 4.69) is 24.4 Å². The van der Waals surface area contributed by atoms with Crippen molar-refractivity contribution in [1.29, 1.82) is 0 Å². The van der Waals surface area contributed by atoms with E-state index in [-0.39, 0.29) is 6.03 Å². The van der Waals surface area contributed by atoms with Crippen LogP contribution in [0.3, 0.4) is 0 Å². The number of benzene rings is 1. The number of unbranched alkanes of at least 4 members (excludes halogenated alkanes) is 1. The van der Waals surface area contributed by atoms with Crippen LogP contribution in [0.15, 0.2) is 41.8 Å². The van der Waals surface area contributed by atoms with Gasteiger partial charge in [0.05, 0.1) is 5.00 Å². The molecule has 0 aliphatic rings. The summed E-state index contributed by atoms with van der Waals surface area (Å²) < 4.78 is 0. The molecule has 0 bridgehead atoms. The van der Waals surface area contributed by atoms with Gasteiger partial charge in [-0.2, -0.15) is 0 Å². The zero-order chi connectivity index (χ0) is 15.1. The van der Waals surface area contributed by atoms with Crippen LogP contribution >= 0.6 is 11.3 Å². The van der Waals surface area contributed by atoms with Gasteiger partial charge in [0.25, 0.3) is 0 Å². The lowest BCUT2D eigenvalue weighted by atomic mass is 10.2. The summed E-state index contributed by atoms with van der Waals surface area (Å²) in [5.41, 5.74) is 2.34. The predicted molar refractivity (Wildman–Crippen MR) is 89.8 cm³/mol. The number of anilines is 1. The summed E-state index contributed by atoms with van der Waals surface area (Å²) in [6, 6.07) is 12.1. The van der Waals surface area contributed by atoms with Crippen molar-refractivity contribution in [1.82, 2.24) is 4.90 Å². The number of amides is 2. The van der Waals surface area contributed by atoms with Gasteiger partial charge in [-0.15, -0.1) is 11.3 Å². The summed E-state index contributed by atoms with van der Waals surface area (Å²) in [5.74, 6) is 0. The normalized spacial score (nSPS) is 10.4. The second kappa shape index (κ2) is 7.84. The van der Waals surface area contributed by atoms with E-state index in [9.17, 15) is 4.79 Å². The van der Waals surface area contributed by atoms with E-state index >= 15 is 0 Å². The zero-order valence-electron chi connectivity index (χ0n) is 12.6. The molecule has 1 aromatic carbocycles. The highest BCUT2D eigenvalue weighted by Gasteiger charge is 2.14. The minimum absolute atomic E-state index is 0.0193. The van der Waals surface area contributed by atoms with E-state index in [1.54, 1.807) is 11.3 Å². The molecule has 0 saturated carbocycles. The Bertz CT molecular complexity index is 565. The number of nitrogens with zero attached hydrogens (tertiary/aromatic N) is 1. The Morgan fingerprint density at radius 3 is 2.67 bits per heavy atom. The molecule has 0 saturated heterocycles. The minimum atomic E-state index is -0.0193. The Balaban J connectivity index is 2.02. The standard InChI is InChI=1S/C17H22N2OS/c1-3-4-10-19(12-15-8-6-5-7-9-15)17(20)18-16-11-14(2)13-21-16/h5-9,11,13H,3-4,10,12H2,1-2H3,(H,18,20). The molecule has 2 aromatic rings. The van der Waals surface area contributed by atoms with Crippen molar-refractivity contribution in [3.63, 3.8) is 0 Å². The summed E-state index contributed by atoms with van der Waals surface area (Å²) in [7, 11) is 0. The molecule has 0 radical (unpaired) electrons. The maximum Gasteiger partial charge on any atom is 0.322 e. The summed E-state index contributed by atoms with van der Waals surface area (Å²) in [6.45, 7) is 5.60. The van der Waals surface area contributed by atoms with Crippen molar-refractivity contribution < 1.29 is 4.79 Å². The molecule has 3 nitrogen and oxygen atoms in total. The molecule has 0 aliphatic heterocycles. The summed E-state index contributed by atoms with van der Waals surface area (Å²) in [4.78, 5) is 14.3. The number of carbonyl (C=O) groups is 1. The van der Waals surface area contributed by atoms with Crippen LogP contribution in [-0.2, 0) is 6.54 Å². The van der Waals surface area contributed by atoms with Crippen molar-refractivity contribution in [2.24, 2.45) is 0 Å². The number of aryl methyl sites for hydroxylation is 1. The third-order valence-electron chi connectivity index (χ3n) is 3.25. The third-order valence-corrected chi connectivity index (χ3v) is 4.21. The largest absolute Gasteiger partial charge is 0.322 e. The molecule has 21 heavy (non-hydrogen) atoms. The van der Waals surface area contributed by atoms with Gasteiger partial charge in [0.2, 0.25) is 0 Å². The lowest BCUT2D eigenvalue weighted by Gasteiger charge is -2.22. The van der Waals surface area contributed by atoms with Crippen molar-refractivity contribution in [2.45, 2.75) is 33.2 Å². The van der Waals surface area contributed by atoms with Gasteiger partial charge in [-0.25, -0.2) is 4.79 Å². The van der Waals surface area contributed by atoms with Crippen LogP contribution in [0.1, 0.15) is 30.9 Å². The second-order valence-electron chi connectivity index (χ2n) is 5.18. The predicted octanol–water partition coefficient (Wildman–Crippen LogP) is 4.89. The average molecular weight is 302 g/mol. The Hall–Kier alpha value is -1.81. The molecular formula is C17H22N2OS. The summed E-state index contributed by atoms with van der Waals surface area (Å²) in [6.07, 6.45) is 2.10. The number of rotatable bonds is 6. The van der Waals surface area contributed by atoms with Crippen LogP contribution in [0, 0.1) is 6.92 Å². The fourth-order valence-corrected chi connectivity index (χ4v) is 2.87. The van der Waals surface area contributed by atoms with E-state index in [1.165, 1.54) is 5.56 Å². The van der Waals surface area contributed by atoms with E-state index in [0.717, 1.165) is 30.0 Å². The lowest BCUT2D eigenvalue weighted by molar-refractivity contribution is 0.208. The summed E-state index contributed by atoms with van der Waals surface area (Å²) >= 11 is 1.57. The highest BCUT2D eigenvalue weighted by Crippen LogP contribution is 2.20. The zero-order valence-corrected chi connectivity index (χ0v) is 13.5. The number of nitrogens with one attached hydrogen (secondary N) is 1. The van der Waals surface area contributed by atoms with E-state index < -0.39 is 0 Å². The van der Waals surface area contributed by atoms with Gasteiger partial charge in [-0.1, -0.05) is 43.7 Å². The Kier molecular flexibility index (Phi) is 5.81. The topological polar surface area (TPSA) is 32.3 Å². The molecule has 4 heteroatoms. The van der Waals surface area contributed by atoms with Gasteiger partial charge >= 0.3 is 6.03 Å². The molecule has 0 unspecified atom stereocenters. The smallest absolute Gasteiger partial charge is 0.320 e. The fraction of sp³-hybridized carbons (Fsp3) is 0.353. The van der Waals surface area contributed by atoms with Crippen LogP contribution < -0.4 is 5.32 Å². The molecule has 0 fully saturated rings. The molecule has 2 rings (SSSR count). The van der Waals surface area contributed by atoms with E-state index in [1.807, 2.05) is 41.5 Å². The highest BCUT2D eigenvalue weighted by atomic mass is 32.1. The first kappa shape index (κ1) is 15.6. The third kappa shape index (κ3) is 4.90. The molecule has 112 valence electrons. The molecular weight excluding hydrogens is 280 g/mol. The van der Waals surface area contributed by atoms with Crippen LogP contribution in [0.25, 0.3) is 0 Å². The maximum atomic E-state index is 12.5. The SMILES string of the molecule is CCCCN(Cc1ccccc1)C(=O)Nc1cc(C)cs1. The van der Waals surface area contributed by atoms with Crippen molar-refractivity contribution >= 4 is 22.4 Å². The van der Waals surface area contributed by atoms with Gasteiger partial charge < -0.3 is 4.90 Å². The van der Waals surface area contributed by atoms with Crippen LogP contribution in [0.5, 0.6) is 0 Å². The molecule has 0 atom stereocenters. The van der Waals surface area contributed by atoms with Crippen molar-refractivity contribution in [3.8, 4) is 0 Å². The van der Waals surface area contributed by atoms with Gasteiger partial charge in [0.1, 0.15) is 0 Å². The molecule has 0 spiro atoms. The number of hydrogen-bond acceptors (Lipinski definition) is 2. The highest BCUT2D eigenvalue weighted by molar-refractivity contribution is 7.14. The lowest BCUT2D eigenvalue weighted by Crippen LogP contribution is -2.35. The number of thiophene rings is 1. The number of carbonyl (C=O) groups excluding carboxylic acids is 1. The van der Waals surface area contributed by atoms with E-state index in [0.29, 0.717) is 6.54 Å². The van der Waals surface area contributed by atoms with Crippen LogP contribution in [0.2, 0.25) is 0 Å². The quantitative estimate of drug-likeness (QED) is 0.809. The Morgan fingerprint density at radius 1 is 1.29 bits per heavy atom. The van der Waals surface area contributed by atoms with Gasteiger partial charge in [0.15, 0.2) is 0 Å². The second-order valence-corrected chi connectivity index (χ2v) is 6.09. The maximum absolute atomic E-state index is 12.5. The van der Waals surface area contributed by atoms with Gasteiger partial charge in [0, 0.05) is 13.1 Å². The van der Waals surface area contributed by atoms with Crippen LogP contribution in [-0.4, -0.2) is 17.5 Å². The molecule has 0 aliphatic carbocycles. The summed E-state index contributed by atoms with van der Waals surface area (Å²) in [5, 5.41) is 5.95. The van der Waals surface area contributed by atoms with Crippen molar-refractivity contribution in [3.05, 3.63) is 52.9 Å². The number of urea groups is 1. The molecule has 2 amide bonds. The molecule has 1 aromatic heterocycles. The monoisotopic (exact) mass is 302 g/mol. The Morgan fingerprint density at radius 2 is 2.05 bits per heavy atom. The number of hydrogen-bond donors (Lipinski definition) is 1. The first-order valence-electron chi connectivity index (χ1n) is 7.34. The van der Waals surface area contributed by atoms with Gasteiger partial charge in [-0.3, -0.25) is 5.32 Å². The fourth-order valence-electron chi connectivity index (χ4n) is 2.09. The van der Waals surface area contributed by atoms with Crippen molar-refractivity contribution in [2.75, 3.05) is 11.9 Å². The van der Waals surface area contributed by atoms with E-state index in [4.69, 9.17) is 0 Å². The first-order valence-corrected chi connectivity index (χ1v) is 8.22.